The quantitative estimate of drug-likeness (QED) is 0.0351. The number of fused-ring (bicyclic) bond motifs is 4. The van der Waals surface area contributed by atoms with Crippen LogP contribution >= 0.6 is 37.9 Å². The topological polar surface area (TPSA) is 319 Å². The molecule has 8 heterocycles. The first-order valence-corrected chi connectivity index (χ1v) is 36.0. The van der Waals surface area contributed by atoms with E-state index in [0.29, 0.717) is 27.9 Å². The van der Waals surface area contributed by atoms with Crippen molar-refractivity contribution in [1.82, 2.24) is 39.5 Å². The number of anilines is 2. The van der Waals surface area contributed by atoms with E-state index < -0.39 is 123 Å². The zero-order valence-electron chi connectivity index (χ0n) is 54.4. The summed E-state index contributed by atoms with van der Waals surface area (Å²) in [6.07, 6.45) is 3.47. The first kappa shape index (κ1) is 71.0. The minimum Gasteiger partial charge on any atom is -0.464 e. The molecule has 0 spiro atoms. The predicted molar refractivity (Wildman–Crippen MR) is 332 cm³/mol. The van der Waals surface area contributed by atoms with Crippen molar-refractivity contribution in [3.05, 3.63) is 23.0 Å². The van der Waals surface area contributed by atoms with Crippen molar-refractivity contribution < 1.29 is 89.8 Å². The number of aliphatic hydroxyl groups excluding tert-OH is 1. The third-order valence-electron chi connectivity index (χ3n) is 15.8. The highest BCUT2D eigenvalue weighted by molar-refractivity contribution is 7.59. The standard InChI is InChI=1S/C30H45ClN5O10P.C28H43ClN5O9P/c1-9-40-25(37)26(47(8,39)42-10-2)41-16-19-20-21(45-30(6,7)44-20)24(43-19)36-23-18(15-32-36)22(33-27(31)34-23)35(17-13-11-12-14-17)28(38)46-29(3,4)5;1-8-39-44(7,37)19(14-35)38-15-18-20-21(42-28(5,6)41-20)24(40-18)34-23-17(13-30-34)22(31-25(29)32-23)33(16-11-9-10-12-16)26(36)43-27(2,3)4/h15,17,19-21,24,26H,9-14,16H2,1-8H3;13,16,18-21,24,35H,8-12,14-15H2,1-7H3/t19-,20-,21-,24-,26?,47?;18-,19?,20-,21-,24-,44?/m11/s1. The zero-order chi connectivity index (χ0) is 66.3. The third-order valence-corrected chi connectivity index (χ3v) is 20.2. The van der Waals surface area contributed by atoms with Gasteiger partial charge in [-0.2, -0.15) is 30.1 Å². The van der Waals surface area contributed by atoms with Crippen molar-refractivity contribution in [2.75, 3.05) is 62.8 Å². The maximum absolute atomic E-state index is 13.6. The molecule has 4 aromatic rings. The first-order chi connectivity index (χ1) is 42.7. The number of nitrogens with zero attached hydrogens (tertiary/aromatic N) is 10. The van der Waals surface area contributed by atoms with Gasteiger partial charge in [0.1, 0.15) is 47.8 Å². The fraction of sp³-hybridized carbons (Fsp3) is 0.776. The van der Waals surface area contributed by atoms with Gasteiger partial charge in [-0.05, 0) is 139 Å². The lowest BCUT2D eigenvalue weighted by atomic mass is 10.1. The fourth-order valence-corrected chi connectivity index (χ4v) is 15.4. The van der Waals surface area contributed by atoms with Crippen LogP contribution < -0.4 is 9.80 Å². The molecule has 10 rings (SSSR count). The highest BCUT2D eigenvalue weighted by atomic mass is 35.5. The number of rotatable bonds is 21. The summed E-state index contributed by atoms with van der Waals surface area (Å²) in [7, 11) is -6.81. The lowest BCUT2D eigenvalue weighted by Gasteiger charge is -2.31. The molecule has 0 radical (unpaired) electrons. The number of halogens is 2. The number of carbonyl (C=O) groups is 3. The Morgan fingerprint density at radius 3 is 1.42 bits per heavy atom. The van der Waals surface area contributed by atoms with Gasteiger partial charge in [0, 0.05) is 25.4 Å². The Morgan fingerprint density at radius 2 is 1.03 bits per heavy atom. The second-order valence-electron chi connectivity index (χ2n) is 26.2. The van der Waals surface area contributed by atoms with Crippen LogP contribution in [0.1, 0.15) is 154 Å². The fourth-order valence-electron chi connectivity index (χ4n) is 12.3. The highest BCUT2D eigenvalue weighted by Gasteiger charge is 2.59. The molecular formula is C58H88Cl2N10O19P2. The summed E-state index contributed by atoms with van der Waals surface area (Å²) in [5.41, 5.74) is -0.796. The lowest BCUT2D eigenvalue weighted by Crippen LogP contribution is -2.43. The Labute approximate surface area is 539 Å². The van der Waals surface area contributed by atoms with E-state index in [1.165, 1.54) is 18.0 Å². The Morgan fingerprint density at radius 1 is 0.637 bits per heavy atom. The molecule has 4 aromatic heterocycles. The molecule has 0 bridgehead atoms. The van der Waals surface area contributed by atoms with Gasteiger partial charge in [0.25, 0.3) is 0 Å². The predicted octanol–water partition coefficient (Wildman–Crippen LogP) is 10.3. The normalized spacial score (nSPS) is 26.8. The van der Waals surface area contributed by atoms with Crippen molar-refractivity contribution in [2.45, 2.75) is 237 Å². The molecule has 6 fully saturated rings. The van der Waals surface area contributed by atoms with Gasteiger partial charge >= 0.3 is 18.2 Å². The molecule has 0 aromatic carbocycles. The second kappa shape index (κ2) is 28.2. The van der Waals surface area contributed by atoms with E-state index in [0.717, 1.165) is 51.4 Å². The number of esters is 1. The van der Waals surface area contributed by atoms with Crippen LogP contribution in [0, 0.1) is 0 Å². The van der Waals surface area contributed by atoms with Gasteiger partial charge in [-0.1, -0.05) is 25.7 Å². The summed E-state index contributed by atoms with van der Waals surface area (Å²) in [5.74, 6) is -4.62. The molecule has 33 heteroatoms. The highest BCUT2D eigenvalue weighted by Crippen LogP contribution is 2.52. The van der Waals surface area contributed by atoms with Crippen molar-refractivity contribution >= 4 is 89.8 Å². The van der Waals surface area contributed by atoms with Gasteiger partial charge in [-0.3, -0.25) is 18.9 Å². The molecule has 2 amide bonds. The molecule has 12 atom stereocenters. The molecule has 4 saturated heterocycles. The number of ether oxygens (including phenoxy) is 11. The van der Waals surface area contributed by atoms with Gasteiger partial charge in [-0.15, -0.1) is 0 Å². The van der Waals surface area contributed by atoms with Crippen LogP contribution in [0.25, 0.3) is 22.1 Å². The van der Waals surface area contributed by atoms with Crippen LogP contribution in [0.4, 0.5) is 21.2 Å². The molecule has 1 N–H and O–H groups in total. The van der Waals surface area contributed by atoms with Crippen LogP contribution in [-0.4, -0.2) is 199 Å². The molecule has 4 aliphatic heterocycles. The van der Waals surface area contributed by atoms with E-state index in [-0.39, 0.29) is 61.5 Å². The average molecular weight is 1360 g/mol. The largest absolute Gasteiger partial charge is 0.464 e. The van der Waals surface area contributed by atoms with Crippen molar-refractivity contribution in [3.63, 3.8) is 0 Å². The van der Waals surface area contributed by atoms with Crippen molar-refractivity contribution in [3.8, 4) is 0 Å². The summed E-state index contributed by atoms with van der Waals surface area (Å²) in [6.45, 7) is 25.5. The molecule has 6 aliphatic rings. The maximum atomic E-state index is 13.6. The van der Waals surface area contributed by atoms with E-state index in [1.54, 1.807) is 75.3 Å². The van der Waals surface area contributed by atoms with Gasteiger partial charge in [0.15, 0.2) is 52.8 Å². The smallest absolute Gasteiger partial charge is 0.416 e. The number of carbonyl (C=O) groups excluding carboxylic acids is 3. The second-order valence-corrected chi connectivity index (χ2v) is 32.1. The van der Waals surface area contributed by atoms with Crippen molar-refractivity contribution in [1.29, 1.82) is 0 Å². The average Bonchev–Trinajstić information content (AvgIpc) is 1.61. The minimum atomic E-state index is -3.56. The summed E-state index contributed by atoms with van der Waals surface area (Å²) in [4.78, 5) is 61.0. The van der Waals surface area contributed by atoms with Crippen LogP contribution in [0.15, 0.2) is 12.4 Å². The zero-order valence-corrected chi connectivity index (χ0v) is 57.7. The molecule has 91 heavy (non-hydrogen) atoms. The van der Waals surface area contributed by atoms with Crippen LogP contribution in [0.5, 0.6) is 0 Å². The van der Waals surface area contributed by atoms with E-state index in [1.807, 2.05) is 41.5 Å². The first-order valence-electron chi connectivity index (χ1n) is 31.0. The summed E-state index contributed by atoms with van der Waals surface area (Å²) in [6, 6.07) is -0.254. The van der Waals surface area contributed by atoms with Crippen LogP contribution in [-0.2, 0) is 75.1 Å². The number of hydrogen-bond acceptors (Lipinski definition) is 25. The van der Waals surface area contributed by atoms with Gasteiger partial charge in [0.2, 0.25) is 31.1 Å². The maximum Gasteiger partial charge on any atom is 0.416 e. The van der Waals surface area contributed by atoms with Crippen molar-refractivity contribution in [2.24, 2.45) is 0 Å². The van der Waals surface area contributed by atoms with Gasteiger partial charge in [0.05, 0.1) is 62.8 Å². The number of amides is 2. The van der Waals surface area contributed by atoms with E-state index in [2.05, 4.69) is 30.1 Å². The molecule has 2 saturated carbocycles. The molecule has 2 aliphatic carbocycles. The summed E-state index contributed by atoms with van der Waals surface area (Å²) >= 11 is 13.0. The summed E-state index contributed by atoms with van der Waals surface area (Å²) < 4.78 is 106. The van der Waals surface area contributed by atoms with Crippen LogP contribution in [0.2, 0.25) is 10.6 Å². The lowest BCUT2D eigenvalue weighted by molar-refractivity contribution is -0.204. The molecule has 508 valence electrons. The third kappa shape index (κ3) is 16.2. The number of aromatic nitrogens is 8. The molecule has 29 nitrogen and oxygen atoms in total. The monoisotopic (exact) mass is 1360 g/mol. The molecular weight excluding hydrogens is 1270 g/mol. The number of aliphatic hydroxyl groups is 1. The number of hydrogen-bond donors (Lipinski definition) is 1. The van der Waals surface area contributed by atoms with E-state index in [9.17, 15) is 28.6 Å². The van der Waals surface area contributed by atoms with Crippen LogP contribution in [0.3, 0.4) is 0 Å². The van der Waals surface area contributed by atoms with E-state index >= 15 is 0 Å². The Bertz CT molecular complexity index is 3330. The SMILES string of the molecule is CCOC(=O)C(OC[C@H]1O[C@@H](n2ncc3c(N(C(=O)OC(C)(C)C)C4CCCC4)nc(Cl)nc32)[C@@H]2OC(C)(C)O[C@@H]21)P(C)(=O)OCC.CCOP(C)(=O)C(CO)OC[C@H]1O[C@@H](n2ncc3c(N(C(=O)OC(C)(C)C)C4CCCC4)nc(Cl)nc32)[C@@H]2OC(C)(C)O[C@@H]21. The minimum absolute atomic E-state index is 0.0540. The Balaban J connectivity index is 0.000000216. The van der Waals surface area contributed by atoms with Gasteiger partial charge in [-0.25, -0.2) is 23.7 Å². The Hall–Kier alpha value is -4.29. The van der Waals surface area contributed by atoms with E-state index in [4.69, 9.17) is 84.4 Å². The Kier molecular flexibility index (Phi) is 22.0. The van der Waals surface area contributed by atoms with Gasteiger partial charge < -0.3 is 66.3 Å². The molecule has 4 unspecified atom stereocenters. The summed E-state index contributed by atoms with van der Waals surface area (Å²) in [5, 5.41) is 19.9.